The van der Waals surface area contributed by atoms with Crippen molar-refractivity contribution in [3.05, 3.63) is 36.5 Å². The van der Waals surface area contributed by atoms with Crippen LogP contribution in [0.3, 0.4) is 0 Å². The fourth-order valence-corrected chi connectivity index (χ4v) is 7.48. The number of carboxylic acids is 1. The molecule has 0 saturated heterocycles. The van der Waals surface area contributed by atoms with Crippen molar-refractivity contribution in [2.24, 2.45) is 0 Å². The zero-order valence-electron chi connectivity index (χ0n) is 42.4. The molecule has 0 rings (SSSR count). The lowest BCUT2D eigenvalue weighted by atomic mass is 10.0. The van der Waals surface area contributed by atoms with Crippen LogP contribution in [0.25, 0.3) is 0 Å². The summed E-state index contributed by atoms with van der Waals surface area (Å²) >= 11 is 0. The van der Waals surface area contributed by atoms with Crippen LogP contribution in [0.5, 0.6) is 0 Å². The van der Waals surface area contributed by atoms with Gasteiger partial charge in [-0.15, -0.1) is 0 Å². The van der Waals surface area contributed by atoms with Gasteiger partial charge in [-0.2, -0.15) is 0 Å². The molecule has 64 heavy (non-hydrogen) atoms. The second kappa shape index (κ2) is 47.0. The van der Waals surface area contributed by atoms with Gasteiger partial charge in [0.25, 0.3) is 0 Å². The number of hydrogen-bond acceptors (Lipinski definition) is 8. The smallest absolute Gasteiger partial charge is 0.306 e. The van der Waals surface area contributed by atoms with E-state index >= 15 is 0 Å². The minimum Gasteiger partial charge on any atom is -0.545 e. The molecule has 0 radical (unpaired) electrons. The zero-order chi connectivity index (χ0) is 47.0. The van der Waals surface area contributed by atoms with Crippen molar-refractivity contribution < 1.29 is 42.9 Å². The highest BCUT2D eigenvalue weighted by molar-refractivity contribution is 5.70. The number of aliphatic carboxylic acids is 1. The van der Waals surface area contributed by atoms with Gasteiger partial charge in [-0.3, -0.25) is 9.59 Å². The highest BCUT2D eigenvalue weighted by atomic mass is 16.7. The van der Waals surface area contributed by atoms with E-state index in [1.54, 1.807) is 0 Å². The van der Waals surface area contributed by atoms with Gasteiger partial charge in [-0.25, -0.2) is 0 Å². The Hall–Kier alpha value is -2.49. The molecule has 0 saturated carbocycles. The van der Waals surface area contributed by atoms with E-state index in [-0.39, 0.29) is 32.2 Å². The highest BCUT2D eigenvalue weighted by Crippen LogP contribution is 2.16. The number of allylic oxidation sites excluding steroid dienone is 6. The second-order valence-corrected chi connectivity index (χ2v) is 19.2. The Morgan fingerprint density at radius 2 is 0.844 bits per heavy atom. The van der Waals surface area contributed by atoms with Gasteiger partial charge in [0.1, 0.15) is 13.2 Å². The van der Waals surface area contributed by atoms with Crippen molar-refractivity contribution in [3.63, 3.8) is 0 Å². The molecule has 0 fully saturated rings. The predicted octanol–water partition coefficient (Wildman–Crippen LogP) is 13.6. The van der Waals surface area contributed by atoms with Crippen LogP contribution in [0.2, 0.25) is 0 Å². The average Bonchev–Trinajstić information content (AvgIpc) is 3.26. The molecule has 0 aliphatic rings. The van der Waals surface area contributed by atoms with Gasteiger partial charge in [-0.05, 0) is 51.4 Å². The third-order valence-electron chi connectivity index (χ3n) is 11.6. The van der Waals surface area contributed by atoms with Crippen LogP contribution >= 0.6 is 0 Å². The van der Waals surface area contributed by atoms with E-state index in [4.69, 9.17) is 18.9 Å². The van der Waals surface area contributed by atoms with Crippen LogP contribution in [-0.2, 0) is 33.3 Å². The summed E-state index contributed by atoms with van der Waals surface area (Å²) in [6.07, 6.45) is 52.0. The fraction of sp³-hybridized carbons (Fsp3) is 0.836. The first kappa shape index (κ1) is 61.5. The van der Waals surface area contributed by atoms with Crippen molar-refractivity contribution in [1.82, 2.24) is 0 Å². The Labute approximate surface area is 394 Å². The summed E-state index contributed by atoms with van der Waals surface area (Å²) in [6.45, 7) is 4.73. The Morgan fingerprint density at radius 1 is 0.469 bits per heavy atom. The molecule has 2 atom stereocenters. The number of carboxylic acid groups (broad SMARTS) is 1. The van der Waals surface area contributed by atoms with Crippen molar-refractivity contribution in [3.8, 4) is 0 Å². The summed E-state index contributed by atoms with van der Waals surface area (Å²) in [7, 11) is 5.92. The molecule has 374 valence electrons. The maximum absolute atomic E-state index is 12.8. The summed E-state index contributed by atoms with van der Waals surface area (Å²) in [6, 6.07) is 0. The molecule has 0 heterocycles. The van der Waals surface area contributed by atoms with E-state index < -0.39 is 24.3 Å². The van der Waals surface area contributed by atoms with E-state index in [1.807, 2.05) is 21.1 Å². The molecule has 0 amide bonds. The number of carbonyl (C=O) groups is 3. The first-order chi connectivity index (χ1) is 31.1. The van der Waals surface area contributed by atoms with Crippen LogP contribution in [-0.4, -0.2) is 82.3 Å². The van der Waals surface area contributed by atoms with Crippen molar-refractivity contribution in [2.45, 2.75) is 251 Å². The predicted molar refractivity (Wildman–Crippen MR) is 265 cm³/mol. The fourth-order valence-electron chi connectivity index (χ4n) is 7.48. The minimum absolute atomic E-state index is 0.149. The lowest BCUT2D eigenvalue weighted by molar-refractivity contribution is -0.870. The molecule has 0 spiro atoms. The lowest BCUT2D eigenvalue weighted by Crippen LogP contribution is -2.44. The molecule has 2 unspecified atom stereocenters. The van der Waals surface area contributed by atoms with E-state index in [0.717, 1.165) is 44.9 Å². The van der Waals surface area contributed by atoms with Gasteiger partial charge in [0, 0.05) is 12.8 Å². The molecule has 9 heteroatoms. The number of hydrogen-bond donors (Lipinski definition) is 0. The van der Waals surface area contributed by atoms with Gasteiger partial charge in [-0.1, -0.05) is 211 Å². The summed E-state index contributed by atoms with van der Waals surface area (Å²) in [5.41, 5.74) is 0. The molecule has 0 N–H and O–H groups in total. The van der Waals surface area contributed by atoms with Crippen LogP contribution in [0.1, 0.15) is 239 Å². The van der Waals surface area contributed by atoms with Gasteiger partial charge in [0.05, 0.1) is 40.3 Å². The monoisotopic (exact) mass is 904 g/mol. The summed E-state index contributed by atoms with van der Waals surface area (Å²) in [4.78, 5) is 37.0. The van der Waals surface area contributed by atoms with Crippen LogP contribution in [0, 0.1) is 0 Å². The molecule has 0 aromatic carbocycles. The van der Waals surface area contributed by atoms with Gasteiger partial charge < -0.3 is 33.3 Å². The molecule has 9 nitrogen and oxygen atoms in total. The highest BCUT2D eigenvalue weighted by Gasteiger charge is 2.22. The first-order valence-corrected chi connectivity index (χ1v) is 26.6. The number of nitrogens with zero attached hydrogens (tertiary/aromatic N) is 1. The Balaban J connectivity index is 4.13. The number of quaternary nitrogens is 1. The summed E-state index contributed by atoms with van der Waals surface area (Å²) in [5, 5.41) is 11.7. The number of esters is 2. The number of likely N-dealkylation sites (N-methyl/N-ethyl adjacent to an activating group) is 1. The average molecular weight is 904 g/mol. The second-order valence-electron chi connectivity index (χ2n) is 19.2. The van der Waals surface area contributed by atoms with Crippen LogP contribution in [0.15, 0.2) is 36.5 Å². The quantitative estimate of drug-likeness (QED) is 0.0195. The normalized spacial score (nSPS) is 13.1. The van der Waals surface area contributed by atoms with E-state index in [9.17, 15) is 19.5 Å². The van der Waals surface area contributed by atoms with Gasteiger partial charge in [0.15, 0.2) is 12.4 Å². The third-order valence-corrected chi connectivity index (χ3v) is 11.6. The largest absolute Gasteiger partial charge is 0.545 e. The Kier molecular flexibility index (Phi) is 45.2. The standard InChI is InChI=1S/C55H101NO8/c1-6-8-10-12-14-16-18-19-20-21-22-23-24-25-26-27-28-29-30-31-32-33-34-35-36-38-40-42-44-46-53(58)64-51(50-63-55(54(59)60)61-48-47-56(3,4)5)49-62-52(57)45-43-41-39-37-17-15-13-11-9-7-2/h18-19,21-22,24-25,51,55H,6-17,20,23,26-50H2,1-5H3/b19-18-,22-21-,25-24-. The molecule has 0 aromatic rings. The van der Waals surface area contributed by atoms with Crippen molar-refractivity contribution >= 4 is 17.9 Å². The van der Waals surface area contributed by atoms with E-state index in [0.29, 0.717) is 23.9 Å². The van der Waals surface area contributed by atoms with E-state index in [2.05, 4.69) is 50.3 Å². The number of carbonyl (C=O) groups excluding carboxylic acids is 3. The molecule has 0 bridgehead atoms. The maximum Gasteiger partial charge on any atom is 0.306 e. The molecule has 0 aromatic heterocycles. The maximum atomic E-state index is 12.8. The topological polar surface area (TPSA) is 111 Å². The SMILES string of the molecule is CCCCCCC/C=C\C/C=C\C/C=C\CCCCCCCCCCCCCCCCC(=O)OC(COC(=O)CCCCCCCCCCCC)COC(OCC[N+](C)(C)C)C(=O)[O-]. The molecular formula is C55H101NO8. The molecular weight excluding hydrogens is 803 g/mol. The summed E-state index contributed by atoms with van der Waals surface area (Å²) < 4.78 is 22.6. The Morgan fingerprint density at radius 3 is 1.25 bits per heavy atom. The zero-order valence-corrected chi connectivity index (χ0v) is 42.4. The number of rotatable bonds is 49. The molecule has 0 aliphatic carbocycles. The summed E-state index contributed by atoms with van der Waals surface area (Å²) in [5.74, 6) is -2.28. The van der Waals surface area contributed by atoms with Crippen LogP contribution < -0.4 is 5.11 Å². The number of ether oxygens (including phenoxy) is 4. The lowest BCUT2D eigenvalue weighted by Gasteiger charge is -2.26. The first-order valence-electron chi connectivity index (χ1n) is 26.6. The third kappa shape index (κ3) is 47.5. The molecule has 0 aliphatic heterocycles. The van der Waals surface area contributed by atoms with Crippen molar-refractivity contribution in [2.75, 3.05) is 47.5 Å². The van der Waals surface area contributed by atoms with E-state index in [1.165, 1.54) is 161 Å². The Bertz CT molecular complexity index is 1150. The van der Waals surface area contributed by atoms with Gasteiger partial charge >= 0.3 is 11.9 Å². The number of unbranched alkanes of at least 4 members (excludes halogenated alkanes) is 28. The minimum atomic E-state index is -1.62. The van der Waals surface area contributed by atoms with Crippen LogP contribution in [0.4, 0.5) is 0 Å². The van der Waals surface area contributed by atoms with Gasteiger partial charge in [0.2, 0.25) is 0 Å². The van der Waals surface area contributed by atoms with Crippen molar-refractivity contribution in [1.29, 1.82) is 0 Å².